The number of carbonyl (C=O) groups is 1. The molecule has 2 fully saturated rings. The van der Waals surface area contributed by atoms with Crippen LogP contribution in [0.3, 0.4) is 0 Å². The summed E-state index contributed by atoms with van der Waals surface area (Å²) >= 11 is 0. The Kier molecular flexibility index (Phi) is 4.20. The quantitative estimate of drug-likeness (QED) is 0.759. The Bertz CT molecular complexity index is 449. The molecule has 2 saturated heterocycles. The Morgan fingerprint density at radius 1 is 1.16 bits per heavy atom. The Morgan fingerprint density at radius 2 is 1.74 bits per heavy atom. The van der Waals surface area contributed by atoms with E-state index in [2.05, 4.69) is 11.9 Å². The molecule has 0 aromatic rings. The van der Waals surface area contributed by atoms with Gasteiger partial charge in [0.25, 0.3) is 0 Å². The van der Waals surface area contributed by atoms with Crippen LogP contribution in [0.4, 0.5) is 0 Å². The number of carbonyl (C=O) groups excluding carboxylic acids is 1. The molecule has 2 aliphatic rings. The van der Waals surface area contributed by atoms with Gasteiger partial charge in [0.15, 0.2) is 9.84 Å². The third-order valence-electron chi connectivity index (χ3n) is 4.59. The van der Waals surface area contributed by atoms with Gasteiger partial charge in [0.2, 0.25) is 5.91 Å². The lowest BCUT2D eigenvalue weighted by atomic mass is 10.0. The number of hydrogen-bond donors (Lipinski definition) is 0. The summed E-state index contributed by atoms with van der Waals surface area (Å²) in [5, 5.41) is -0.917. The Balaban J connectivity index is 2.12. The monoisotopic (exact) mass is 288 g/mol. The second kappa shape index (κ2) is 5.40. The van der Waals surface area contributed by atoms with Crippen molar-refractivity contribution < 1.29 is 13.2 Å². The van der Waals surface area contributed by atoms with Gasteiger partial charge in [0.1, 0.15) is 5.25 Å². The number of hydrogen-bond acceptors (Lipinski definition) is 4. The van der Waals surface area contributed by atoms with Crippen molar-refractivity contribution in [3.05, 3.63) is 0 Å². The highest BCUT2D eigenvalue weighted by Crippen LogP contribution is 2.29. The highest BCUT2D eigenvalue weighted by Gasteiger charge is 2.41. The molecule has 0 radical (unpaired) electrons. The molecule has 2 heterocycles. The Labute approximate surface area is 115 Å². The highest BCUT2D eigenvalue weighted by atomic mass is 32.2. The van der Waals surface area contributed by atoms with Gasteiger partial charge < -0.3 is 9.80 Å². The molecule has 0 bridgehead atoms. The van der Waals surface area contributed by atoms with Crippen molar-refractivity contribution in [3.63, 3.8) is 0 Å². The van der Waals surface area contributed by atoms with Gasteiger partial charge in [0.05, 0.1) is 0 Å². The van der Waals surface area contributed by atoms with E-state index in [1.807, 2.05) is 4.90 Å². The second-order valence-corrected chi connectivity index (χ2v) is 8.27. The zero-order valence-corrected chi connectivity index (χ0v) is 12.8. The highest BCUT2D eigenvalue weighted by molar-refractivity contribution is 7.92. The topological polar surface area (TPSA) is 57.7 Å². The molecule has 19 heavy (non-hydrogen) atoms. The summed E-state index contributed by atoms with van der Waals surface area (Å²) in [6, 6.07) is 0.599. The molecule has 0 unspecified atom stereocenters. The van der Waals surface area contributed by atoms with Gasteiger partial charge in [-0.25, -0.2) is 8.42 Å². The smallest absolute Gasteiger partial charge is 0.240 e. The van der Waals surface area contributed by atoms with E-state index in [-0.39, 0.29) is 11.9 Å². The fourth-order valence-corrected chi connectivity index (χ4v) is 3.81. The van der Waals surface area contributed by atoms with Crippen molar-refractivity contribution in [1.29, 1.82) is 0 Å². The van der Waals surface area contributed by atoms with E-state index in [1.165, 1.54) is 13.3 Å². The van der Waals surface area contributed by atoms with Crippen LogP contribution in [0.25, 0.3) is 0 Å². The third-order valence-corrected chi connectivity index (χ3v) is 6.08. The van der Waals surface area contributed by atoms with Crippen LogP contribution in [0.5, 0.6) is 0 Å². The summed E-state index contributed by atoms with van der Waals surface area (Å²) in [5.41, 5.74) is 0. The van der Waals surface area contributed by atoms with Crippen molar-refractivity contribution in [2.45, 2.75) is 49.9 Å². The van der Waals surface area contributed by atoms with Crippen molar-refractivity contribution >= 4 is 15.7 Å². The van der Waals surface area contributed by atoms with Crippen LogP contribution in [0.15, 0.2) is 0 Å². The molecule has 2 rings (SSSR count). The molecule has 0 aliphatic carbocycles. The lowest BCUT2D eigenvalue weighted by Crippen LogP contribution is -2.50. The van der Waals surface area contributed by atoms with E-state index in [9.17, 15) is 13.2 Å². The van der Waals surface area contributed by atoms with Crippen molar-refractivity contribution in [1.82, 2.24) is 9.80 Å². The minimum absolute atomic E-state index is 0.198. The molecule has 5 nitrogen and oxygen atoms in total. The minimum atomic E-state index is -3.30. The van der Waals surface area contributed by atoms with Gasteiger partial charge in [-0.1, -0.05) is 0 Å². The summed E-state index contributed by atoms with van der Waals surface area (Å²) in [6.07, 6.45) is 5.40. The Morgan fingerprint density at radius 3 is 2.26 bits per heavy atom. The first-order valence-electron chi connectivity index (χ1n) is 7.02. The molecular weight excluding hydrogens is 264 g/mol. The first kappa shape index (κ1) is 14.8. The molecule has 0 N–H and O–H groups in total. The van der Waals surface area contributed by atoms with E-state index >= 15 is 0 Å². The largest absolute Gasteiger partial charge is 0.337 e. The molecule has 2 aliphatic heterocycles. The number of sulfone groups is 1. The van der Waals surface area contributed by atoms with Crippen molar-refractivity contribution in [2.75, 3.05) is 26.4 Å². The number of likely N-dealkylation sites (N-methyl/N-ethyl adjacent to an activating group) is 1. The Hall–Kier alpha value is -0.620. The maximum atomic E-state index is 12.4. The van der Waals surface area contributed by atoms with E-state index in [0.717, 1.165) is 32.1 Å². The number of amides is 1. The van der Waals surface area contributed by atoms with Gasteiger partial charge in [0, 0.05) is 24.9 Å². The average Bonchev–Trinajstić information content (AvgIpc) is 2.93. The van der Waals surface area contributed by atoms with Gasteiger partial charge in [-0.3, -0.25) is 4.79 Å². The van der Waals surface area contributed by atoms with Crippen LogP contribution in [-0.2, 0) is 14.6 Å². The predicted octanol–water partition coefficient (Wildman–Crippen LogP) is 0.505. The first-order chi connectivity index (χ1) is 8.82. The number of nitrogens with zero attached hydrogens (tertiary/aromatic N) is 2. The van der Waals surface area contributed by atoms with Crippen LogP contribution in [0.1, 0.15) is 32.6 Å². The standard InChI is InChI=1S/C13H24N2O3S/c1-10(19(3,17)18)13(16)15-9-5-7-12(15)11-6-4-8-14(11)2/h10-12H,4-9H2,1-3H3/t10-,11+,12-/m1/s1. The fraction of sp³-hybridized carbons (Fsp3) is 0.923. The molecule has 3 atom stereocenters. The maximum Gasteiger partial charge on any atom is 0.240 e. The van der Waals surface area contributed by atoms with Gasteiger partial charge in [-0.2, -0.15) is 0 Å². The van der Waals surface area contributed by atoms with E-state index in [1.54, 1.807) is 0 Å². The third kappa shape index (κ3) is 2.94. The maximum absolute atomic E-state index is 12.4. The number of rotatable bonds is 3. The summed E-state index contributed by atoms with van der Waals surface area (Å²) in [7, 11) is -1.21. The lowest BCUT2D eigenvalue weighted by molar-refractivity contribution is -0.132. The van der Waals surface area contributed by atoms with Crippen LogP contribution >= 0.6 is 0 Å². The zero-order chi connectivity index (χ0) is 14.2. The molecule has 110 valence electrons. The normalized spacial score (nSPS) is 30.8. The lowest BCUT2D eigenvalue weighted by Gasteiger charge is -2.34. The summed E-state index contributed by atoms with van der Waals surface area (Å²) < 4.78 is 23.1. The SMILES string of the molecule is C[C@H](C(=O)N1CCC[C@@H]1[C@@H]1CCCN1C)S(C)(=O)=O. The average molecular weight is 288 g/mol. The summed E-state index contributed by atoms with van der Waals surface area (Å²) in [6.45, 7) is 3.28. The van der Waals surface area contributed by atoms with Crippen molar-refractivity contribution in [3.8, 4) is 0 Å². The molecular formula is C13H24N2O3S. The van der Waals surface area contributed by atoms with E-state index < -0.39 is 15.1 Å². The second-order valence-electron chi connectivity index (χ2n) is 5.90. The zero-order valence-electron chi connectivity index (χ0n) is 12.0. The number of likely N-dealkylation sites (tertiary alicyclic amines) is 2. The van der Waals surface area contributed by atoms with Gasteiger partial charge in [-0.15, -0.1) is 0 Å². The minimum Gasteiger partial charge on any atom is -0.337 e. The summed E-state index contributed by atoms with van der Waals surface area (Å²) in [4.78, 5) is 16.5. The molecule has 0 aromatic heterocycles. The first-order valence-corrected chi connectivity index (χ1v) is 8.97. The predicted molar refractivity (Wildman–Crippen MR) is 74.7 cm³/mol. The van der Waals surface area contributed by atoms with Crippen LogP contribution in [0.2, 0.25) is 0 Å². The fourth-order valence-electron chi connectivity index (χ4n) is 3.30. The van der Waals surface area contributed by atoms with Crippen LogP contribution in [-0.4, -0.2) is 67.9 Å². The van der Waals surface area contributed by atoms with Gasteiger partial charge >= 0.3 is 0 Å². The molecule has 0 saturated carbocycles. The van der Waals surface area contributed by atoms with Gasteiger partial charge in [-0.05, 0) is 46.2 Å². The van der Waals surface area contributed by atoms with Crippen LogP contribution in [0, 0.1) is 0 Å². The molecule has 0 aromatic carbocycles. The summed E-state index contributed by atoms with van der Waals surface area (Å²) in [5.74, 6) is -0.217. The van der Waals surface area contributed by atoms with E-state index in [0.29, 0.717) is 12.6 Å². The molecule has 1 amide bonds. The molecule has 0 spiro atoms. The van der Waals surface area contributed by atoms with Crippen molar-refractivity contribution in [2.24, 2.45) is 0 Å². The van der Waals surface area contributed by atoms with E-state index in [4.69, 9.17) is 0 Å². The molecule has 6 heteroatoms. The van der Waals surface area contributed by atoms with Crippen LogP contribution < -0.4 is 0 Å².